The van der Waals surface area contributed by atoms with Crippen LogP contribution in [0.3, 0.4) is 0 Å². The van der Waals surface area contributed by atoms with Crippen LogP contribution in [0.5, 0.6) is 0 Å². The van der Waals surface area contributed by atoms with Crippen molar-refractivity contribution in [2.45, 2.75) is 33.1 Å². The lowest BCUT2D eigenvalue weighted by atomic mass is 9.89. The lowest BCUT2D eigenvalue weighted by molar-refractivity contribution is -0.142. The number of hydrogen-bond acceptors (Lipinski definition) is 3. The highest BCUT2D eigenvalue weighted by Crippen LogP contribution is 2.21. The fourth-order valence-electron chi connectivity index (χ4n) is 1.71. The summed E-state index contributed by atoms with van der Waals surface area (Å²) in [5, 5.41) is 8.85. The van der Waals surface area contributed by atoms with Gasteiger partial charge in [-0.1, -0.05) is 6.42 Å². The molecule has 90 valence electrons. The van der Waals surface area contributed by atoms with E-state index in [-0.39, 0.29) is 17.9 Å². The van der Waals surface area contributed by atoms with Crippen LogP contribution >= 0.6 is 0 Å². The normalized spacial score (nSPS) is 17.3. The molecule has 0 aromatic heterocycles. The second-order valence-corrected chi connectivity index (χ2v) is 4.89. The number of unbranched alkanes of at least 4 members (excludes halogenated alkanes) is 1. The first-order valence-electron chi connectivity index (χ1n) is 5.82. The zero-order valence-corrected chi connectivity index (χ0v) is 10.2. The van der Waals surface area contributed by atoms with Crippen molar-refractivity contribution in [3.8, 4) is 6.07 Å². The van der Waals surface area contributed by atoms with E-state index in [0.717, 1.165) is 25.8 Å². The van der Waals surface area contributed by atoms with Crippen LogP contribution in [0.25, 0.3) is 0 Å². The van der Waals surface area contributed by atoms with Crippen LogP contribution in [-0.4, -0.2) is 37.1 Å². The summed E-state index contributed by atoms with van der Waals surface area (Å²) < 4.78 is 5.06. The van der Waals surface area contributed by atoms with Gasteiger partial charge >= 0.3 is 0 Å². The number of nitrogens with zero attached hydrogens (tertiary/aromatic N) is 2. The highest BCUT2D eigenvalue weighted by molar-refractivity contribution is 5.77. The number of morpholine rings is 1. The van der Waals surface area contributed by atoms with Gasteiger partial charge in [-0.25, -0.2) is 0 Å². The Morgan fingerprint density at radius 3 is 2.88 bits per heavy atom. The molecule has 4 heteroatoms. The van der Waals surface area contributed by atoms with Crippen LogP contribution in [0.1, 0.15) is 33.1 Å². The van der Waals surface area contributed by atoms with Crippen molar-refractivity contribution in [3.05, 3.63) is 0 Å². The molecule has 0 saturated carbocycles. The number of nitriles is 1. The fraction of sp³-hybridized carbons (Fsp3) is 0.833. The molecule has 0 bridgehead atoms. The molecule has 0 unspecified atom stereocenters. The van der Waals surface area contributed by atoms with Gasteiger partial charge in [0, 0.05) is 13.1 Å². The zero-order chi connectivity index (χ0) is 12.0. The van der Waals surface area contributed by atoms with Crippen molar-refractivity contribution in [1.29, 1.82) is 5.26 Å². The third-order valence-corrected chi connectivity index (χ3v) is 2.87. The van der Waals surface area contributed by atoms with Gasteiger partial charge in [0.25, 0.3) is 0 Å². The minimum absolute atomic E-state index is 0.0887. The maximum absolute atomic E-state index is 11.4. The van der Waals surface area contributed by atoms with Crippen molar-refractivity contribution < 1.29 is 9.53 Å². The molecule has 0 spiro atoms. The molecule has 0 aromatic carbocycles. The lowest BCUT2D eigenvalue weighted by Crippen LogP contribution is -2.42. The van der Waals surface area contributed by atoms with Gasteiger partial charge in [0.2, 0.25) is 5.91 Å². The zero-order valence-electron chi connectivity index (χ0n) is 10.2. The minimum atomic E-state index is -0.241. The second-order valence-electron chi connectivity index (χ2n) is 4.89. The molecule has 1 amide bonds. The molecule has 1 aliphatic rings. The molecule has 1 fully saturated rings. The molecular weight excluding hydrogens is 204 g/mol. The molecule has 1 heterocycles. The van der Waals surface area contributed by atoms with Crippen LogP contribution in [-0.2, 0) is 9.53 Å². The largest absolute Gasteiger partial charge is 0.370 e. The summed E-state index contributed by atoms with van der Waals surface area (Å²) in [6, 6.07) is 2.29. The molecular formula is C12H20N2O2. The molecule has 16 heavy (non-hydrogen) atoms. The molecule has 0 aliphatic carbocycles. The molecule has 1 saturated heterocycles. The van der Waals surface area contributed by atoms with E-state index >= 15 is 0 Å². The minimum Gasteiger partial charge on any atom is -0.370 e. The van der Waals surface area contributed by atoms with Gasteiger partial charge in [-0.3, -0.25) is 4.79 Å². The Balaban J connectivity index is 2.16. The number of carbonyl (C=O) groups excluding carboxylic acids is 1. The highest BCUT2D eigenvalue weighted by Gasteiger charge is 2.19. The third-order valence-electron chi connectivity index (χ3n) is 2.87. The van der Waals surface area contributed by atoms with E-state index in [2.05, 4.69) is 6.07 Å². The van der Waals surface area contributed by atoms with Gasteiger partial charge < -0.3 is 9.64 Å². The predicted molar refractivity (Wildman–Crippen MR) is 60.6 cm³/mol. The van der Waals surface area contributed by atoms with Gasteiger partial charge in [0.15, 0.2) is 0 Å². The van der Waals surface area contributed by atoms with Gasteiger partial charge in [0.1, 0.15) is 6.61 Å². The topological polar surface area (TPSA) is 53.3 Å². The van der Waals surface area contributed by atoms with Crippen molar-refractivity contribution in [3.63, 3.8) is 0 Å². The first kappa shape index (κ1) is 13.0. The Kier molecular flexibility index (Phi) is 4.75. The summed E-state index contributed by atoms with van der Waals surface area (Å²) in [6.07, 6.45) is 2.85. The van der Waals surface area contributed by atoms with Crippen LogP contribution in [0.2, 0.25) is 0 Å². The summed E-state index contributed by atoms with van der Waals surface area (Å²) in [5.74, 6) is 0.0887. The van der Waals surface area contributed by atoms with E-state index < -0.39 is 0 Å². The smallest absolute Gasteiger partial charge is 0.248 e. The Hall–Kier alpha value is -1.08. The number of rotatable bonds is 5. The van der Waals surface area contributed by atoms with E-state index in [4.69, 9.17) is 10.00 Å². The molecule has 0 atom stereocenters. The predicted octanol–water partition coefficient (Wildman–Crippen LogP) is 1.57. The highest BCUT2D eigenvalue weighted by atomic mass is 16.5. The Morgan fingerprint density at radius 2 is 2.25 bits per heavy atom. The molecule has 0 N–H and O–H groups in total. The maximum atomic E-state index is 11.4. The van der Waals surface area contributed by atoms with E-state index in [9.17, 15) is 4.79 Å². The first-order chi connectivity index (χ1) is 7.55. The SMILES string of the molecule is CC(C)(C#N)CCCCN1CCOCC1=O. The third kappa shape index (κ3) is 4.19. The maximum Gasteiger partial charge on any atom is 0.248 e. The van der Waals surface area contributed by atoms with Gasteiger partial charge in [-0.05, 0) is 26.7 Å². The summed E-state index contributed by atoms with van der Waals surface area (Å²) >= 11 is 0. The van der Waals surface area contributed by atoms with Gasteiger partial charge in [-0.2, -0.15) is 5.26 Å². The van der Waals surface area contributed by atoms with Crippen LogP contribution < -0.4 is 0 Å². The van der Waals surface area contributed by atoms with Crippen molar-refractivity contribution in [1.82, 2.24) is 4.90 Å². The summed E-state index contributed by atoms with van der Waals surface area (Å²) in [5.41, 5.74) is -0.241. The molecule has 0 aromatic rings. The summed E-state index contributed by atoms with van der Waals surface area (Å²) in [7, 11) is 0. The molecule has 1 rings (SSSR count). The van der Waals surface area contributed by atoms with Crippen molar-refractivity contribution in [2.75, 3.05) is 26.3 Å². The van der Waals surface area contributed by atoms with Crippen LogP contribution in [0, 0.1) is 16.7 Å². The first-order valence-corrected chi connectivity index (χ1v) is 5.82. The second kappa shape index (κ2) is 5.86. The molecule has 4 nitrogen and oxygen atoms in total. The molecule has 0 radical (unpaired) electrons. The number of amides is 1. The van der Waals surface area contributed by atoms with E-state index in [1.807, 2.05) is 18.7 Å². The van der Waals surface area contributed by atoms with E-state index in [1.165, 1.54) is 0 Å². The van der Waals surface area contributed by atoms with E-state index in [0.29, 0.717) is 13.2 Å². The average Bonchev–Trinajstić information content (AvgIpc) is 2.27. The quantitative estimate of drug-likeness (QED) is 0.666. The Morgan fingerprint density at radius 1 is 1.50 bits per heavy atom. The number of hydrogen-bond donors (Lipinski definition) is 0. The Labute approximate surface area is 97.2 Å². The molecule has 1 aliphatic heterocycles. The Bertz CT molecular complexity index is 281. The van der Waals surface area contributed by atoms with Crippen molar-refractivity contribution >= 4 is 5.91 Å². The monoisotopic (exact) mass is 224 g/mol. The standard InChI is InChI=1S/C12H20N2O2/c1-12(2,10-13)5-3-4-6-14-7-8-16-9-11(14)15/h3-9H2,1-2H3. The van der Waals surface area contributed by atoms with E-state index in [1.54, 1.807) is 0 Å². The van der Waals surface area contributed by atoms with Gasteiger partial charge in [-0.15, -0.1) is 0 Å². The van der Waals surface area contributed by atoms with Gasteiger partial charge in [0.05, 0.1) is 18.1 Å². The van der Waals surface area contributed by atoms with Crippen molar-refractivity contribution in [2.24, 2.45) is 5.41 Å². The number of ether oxygens (including phenoxy) is 1. The van der Waals surface area contributed by atoms with Crippen LogP contribution in [0.4, 0.5) is 0 Å². The van der Waals surface area contributed by atoms with Crippen LogP contribution in [0.15, 0.2) is 0 Å². The average molecular weight is 224 g/mol. The summed E-state index contributed by atoms with van der Waals surface area (Å²) in [6.45, 7) is 6.28. The summed E-state index contributed by atoms with van der Waals surface area (Å²) in [4.78, 5) is 13.2. The lowest BCUT2D eigenvalue weighted by Gasteiger charge is -2.27. The number of carbonyl (C=O) groups is 1. The fourth-order valence-corrected chi connectivity index (χ4v) is 1.71.